The summed E-state index contributed by atoms with van der Waals surface area (Å²) in [6.45, 7) is 2.00. The molecule has 0 radical (unpaired) electrons. The molecule has 1 aliphatic heterocycles. The van der Waals surface area contributed by atoms with Crippen LogP contribution in [0, 0.1) is 5.92 Å². The van der Waals surface area contributed by atoms with Crippen LogP contribution < -0.4 is 0 Å². The van der Waals surface area contributed by atoms with Crippen molar-refractivity contribution in [1.82, 2.24) is 15.0 Å². The zero-order chi connectivity index (χ0) is 15.5. The lowest BCUT2D eigenvalue weighted by Gasteiger charge is -2.43. The summed E-state index contributed by atoms with van der Waals surface area (Å²) in [6, 6.07) is 11.1. The van der Waals surface area contributed by atoms with E-state index in [1.165, 1.54) is 50.6 Å². The monoisotopic (exact) mass is 311 g/mol. The molecule has 0 amide bonds. The van der Waals surface area contributed by atoms with Gasteiger partial charge >= 0.3 is 0 Å². The third-order valence-corrected chi connectivity index (χ3v) is 5.41. The first-order valence-corrected chi connectivity index (χ1v) is 8.98. The van der Waals surface area contributed by atoms with Gasteiger partial charge in [0.1, 0.15) is 0 Å². The molecule has 2 atom stereocenters. The fourth-order valence-electron chi connectivity index (χ4n) is 4.30. The fraction of sp³-hybridized carbons (Fsp3) is 0.579. The van der Waals surface area contributed by atoms with Crippen molar-refractivity contribution in [3.63, 3.8) is 0 Å². The van der Waals surface area contributed by atoms with Crippen LogP contribution in [-0.2, 0) is 13.0 Å². The summed E-state index contributed by atoms with van der Waals surface area (Å²) in [5.74, 6) is 2.47. The van der Waals surface area contributed by atoms with Crippen LogP contribution in [0.1, 0.15) is 55.8 Å². The molecule has 2 fully saturated rings. The number of hydrogen-bond acceptors (Lipinski definition) is 4. The predicted molar refractivity (Wildman–Crippen MR) is 88.9 cm³/mol. The molecule has 1 aromatic carbocycles. The highest BCUT2D eigenvalue weighted by Gasteiger charge is 2.33. The third kappa shape index (κ3) is 3.47. The molecule has 1 saturated heterocycles. The lowest BCUT2D eigenvalue weighted by Crippen LogP contribution is -2.46. The fourth-order valence-corrected chi connectivity index (χ4v) is 4.30. The topological polar surface area (TPSA) is 42.2 Å². The maximum Gasteiger partial charge on any atom is 0.240 e. The minimum atomic E-state index is 0.738. The van der Waals surface area contributed by atoms with E-state index in [-0.39, 0.29) is 0 Å². The van der Waals surface area contributed by atoms with Crippen molar-refractivity contribution in [1.29, 1.82) is 0 Å². The van der Waals surface area contributed by atoms with Crippen LogP contribution in [0.3, 0.4) is 0 Å². The Morgan fingerprint density at radius 3 is 2.78 bits per heavy atom. The van der Waals surface area contributed by atoms with Crippen LogP contribution >= 0.6 is 0 Å². The van der Waals surface area contributed by atoms with Gasteiger partial charge in [0.2, 0.25) is 5.89 Å². The molecule has 0 unspecified atom stereocenters. The van der Waals surface area contributed by atoms with Gasteiger partial charge in [-0.05, 0) is 43.7 Å². The van der Waals surface area contributed by atoms with Gasteiger partial charge in [0.25, 0.3) is 0 Å². The number of hydrogen-bond donors (Lipinski definition) is 0. The van der Waals surface area contributed by atoms with Gasteiger partial charge in [0, 0.05) is 12.5 Å². The summed E-state index contributed by atoms with van der Waals surface area (Å²) in [6.07, 6.45) is 9.00. The Bertz CT molecular complexity index is 623. The standard InChI is InChI=1S/C19H25N3O/c1-2-7-15(8-3-1)13-18-20-19(23-21-18)14-22-12-6-10-16-9-4-5-11-17(16)22/h1-3,7-8,16-17H,4-6,9-14H2/t16-,17-/m1/s1. The number of rotatable bonds is 4. The van der Waals surface area contributed by atoms with E-state index in [9.17, 15) is 0 Å². The average Bonchev–Trinajstić information content (AvgIpc) is 3.03. The first-order valence-electron chi connectivity index (χ1n) is 8.98. The molecular weight excluding hydrogens is 286 g/mol. The number of piperidine rings is 1. The molecule has 0 spiro atoms. The van der Waals surface area contributed by atoms with Gasteiger partial charge in [-0.25, -0.2) is 0 Å². The molecule has 2 aromatic rings. The average molecular weight is 311 g/mol. The van der Waals surface area contributed by atoms with Crippen molar-refractivity contribution >= 4 is 0 Å². The Labute approximate surface area is 137 Å². The second-order valence-corrected chi connectivity index (χ2v) is 6.99. The summed E-state index contributed by atoms with van der Waals surface area (Å²) < 4.78 is 5.52. The third-order valence-electron chi connectivity index (χ3n) is 5.41. The highest BCUT2D eigenvalue weighted by molar-refractivity contribution is 5.18. The molecule has 1 saturated carbocycles. The SMILES string of the molecule is c1ccc(Cc2noc(CN3CCC[C@H]4CCCC[C@H]43)n2)cc1. The smallest absolute Gasteiger partial charge is 0.240 e. The Balaban J connectivity index is 1.41. The lowest BCUT2D eigenvalue weighted by atomic mass is 9.78. The minimum Gasteiger partial charge on any atom is -0.338 e. The van der Waals surface area contributed by atoms with Gasteiger partial charge in [0.05, 0.1) is 6.54 Å². The van der Waals surface area contributed by atoms with Crippen LogP contribution in [0.15, 0.2) is 34.9 Å². The van der Waals surface area contributed by atoms with Gasteiger partial charge in [-0.1, -0.05) is 48.3 Å². The van der Waals surface area contributed by atoms with E-state index in [0.29, 0.717) is 0 Å². The molecule has 0 N–H and O–H groups in total. The normalized spacial score (nSPS) is 25.2. The van der Waals surface area contributed by atoms with Gasteiger partial charge < -0.3 is 4.52 Å². The summed E-state index contributed by atoms with van der Waals surface area (Å²) >= 11 is 0. The van der Waals surface area contributed by atoms with Crippen LogP contribution in [0.2, 0.25) is 0 Å². The zero-order valence-electron chi connectivity index (χ0n) is 13.7. The number of benzene rings is 1. The van der Waals surface area contributed by atoms with Gasteiger partial charge in [-0.2, -0.15) is 4.98 Å². The van der Waals surface area contributed by atoms with E-state index in [4.69, 9.17) is 4.52 Å². The van der Waals surface area contributed by atoms with E-state index in [0.717, 1.165) is 36.6 Å². The minimum absolute atomic E-state index is 0.738. The van der Waals surface area contributed by atoms with E-state index in [1.54, 1.807) is 0 Å². The number of fused-ring (bicyclic) bond motifs is 1. The van der Waals surface area contributed by atoms with E-state index >= 15 is 0 Å². The highest BCUT2D eigenvalue weighted by atomic mass is 16.5. The van der Waals surface area contributed by atoms with Crippen molar-refractivity contribution in [3.05, 3.63) is 47.6 Å². The maximum absolute atomic E-state index is 5.52. The second-order valence-electron chi connectivity index (χ2n) is 6.99. The summed E-state index contributed by atoms with van der Waals surface area (Å²) in [4.78, 5) is 7.21. The van der Waals surface area contributed by atoms with Crippen molar-refractivity contribution in [2.75, 3.05) is 6.54 Å². The predicted octanol–water partition coefficient (Wildman–Crippen LogP) is 3.82. The van der Waals surface area contributed by atoms with Gasteiger partial charge in [-0.15, -0.1) is 0 Å². The molecule has 1 aliphatic carbocycles. The largest absolute Gasteiger partial charge is 0.338 e. The van der Waals surface area contributed by atoms with Gasteiger partial charge in [-0.3, -0.25) is 4.90 Å². The van der Waals surface area contributed by atoms with Crippen LogP contribution in [0.4, 0.5) is 0 Å². The molecule has 0 bridgehead atoms. The Kier molecular flexibility index (Phi) is 4.42. The van der Waals surface area contributed by atoms with Crippen molar-refractivity contribution in [2.24, 2.45) is 5.92 Å². The molecule has 4 heteroatoms. The maximum atomic E-state index is 5.52. The first kappa shape index (κ1) is 14.9. The second kappa shape index (κ2) is 6.83. The zero-order valence-corrected chi connectivity index (χ0v) is 13.7. The van der Waals surface area contributed by atoms with E-state index < -0.39 is 0 Å². The number of likely N-dealkylation sites (tertiary alicyclic amines) is 1. The van der Waals surface area contributed by atoms with Crippen LogP contribution in [0.5, 0.6) is 0 Å². The molecule has 23 heavy (non-hydrogen) atoms. The Hall–Kier alpha value is -1.68. The quantitative estimate of drug-likeness (QED) is 0.861. The summed E-state index contributed by atoms with van der Waals surface area (Å²) in [5, 5.41) is 4.17. The molecular formula is C19H25N3O. The van der Waals surface area contributed by atoms with E-state index in [1.807, 2.05) is 18.2 Å². The molecule has 1 aromatic heterocycles. The Morgan fingerprint density at radius 2 is 1.87 bits per heavy atom. The number of aromatic nitrogens is 2. The van der Waals surface area contributed by atoms with Crippen molar-refractivity contribution in [2.45, 2.75) is 57.5 Å². The molecule has 2 aliphatic rings. The molecule has 4 nitrogen and oxygen atoms in total. The summed E-state index contributed by atoms with van der Waals surface area (Å²) in [7, 11) is 0. The highest BCUT2D eigenvalue weighted by Crippen LogP contribution is 2.35. The molecule has 122 valence electrons. The van der Waals surface area contributed by atoms with E-state index in [2.05, 4.69) is 27.2 Å². The number of nitrogens with zero attached hydrogens (tertiary/aromatic N) is 3. The van der Waals surface area contributed by atoms with Crippen LogP contribution in [0.25, 0.3) is 0 Å². The lowest BCUT2D eigenvalue weighted by molar-refractivity contribution is 0.0466. The van der Waals surface area contributed by atoms with Crippen LogP contribution in [-0.4, -0.2) is 27.6 Å². The first-order chi connectivity index (χ1) is 11.4. The summed E-state index contributed by atoms with van der Waals surface area (Å²) in [5.41, 5.74) is 1.23. The van der Waals surface area contributed by atoms with Crippen molar-refractivity contribution in [3.8, 4) is 0 Å². The molecule has 4 rings (SSSR count). The molecule has 2 heterocycles. The Morgan fingerprint density at radius 1 is 1.04 bits per heavy atom. The van der Waals surface area contributed by atoms with Crippen molar-refractivity contribution < 1.29 is 4.52 Å². The van der Waals surface area contributed by atoms with Gasteiger partial charge in [0.15, 0.2) is 5.82 Å².